The highest BCUT2D eigenvalue weighted by atomic mass is 32.2. The number of nitriles is 1. The van der Waals surface area contributed by atoms with Gasteiger partial charge in [0.25, 0.3) is 15.9 Å². The molecule has 6 aromatic rings. The molecule has 0 saturated carbocycles. The van der Waals surface area contributed by atoms with Gasteiger partial charge >= 0.3 is 5.97 Å². The first-order chi connectivity index (χ1) is 25.0. The van der Waals surface area contributed by atoms with Crippen molar-refractivity contribution in [2.45, 2.75) is 24.3 Å². The zero-order valence-corrected chi connectivity index (χ0v) is 28.7. The van der Waals surface area contributed by atoms with Gasteiger partial charge in [-0.25, -0.2) is 31.7 Å². The Morgan fingerprint density at radius 2 is 1.75 bits per heavy atom. The Hall–Kier alpha value is -6.66. The lowest BCUT2D eigenvalue weighted by Gasteiger charge is -2.24. The van der Waals surface area contributed by atoms with Gasteiger partial charge in [0.2, 0.25) is 0 Å². The summed E-state index contributed by atoms with van der Waals surface area (Å²) in [5.41, 5.74) is 8.62. The van der Waals surface area contributed by atoms with Crippen molar-refractivity contribution < 1.29 is 27.1 Å². The summed E-state index contributed by atoms with van der Waals surface area (Å²) in [6, 6.07) is 22.9. The number of nitrogens with one attached hydrogen (secondary N) is 1. The SMILES string of the molecule is CCN(C(=O)c1cc(C#N)cnc1NC(CC(=O)OC)c1ccc(-c2cn(S(=O)(=O)c3ccccc3)c3ncnc(N)c23)cc1)c1ccc(F)cc1. The molecule has 0 spiro atoms. The summed E-state index contributed by atoms with van der Waals surface area (Å²) < 4.78 is 47.0. The van der Waals surface area contributed by atoms with E-state index in [1.54, 1.807) is 49.4 Å². The third-order valence-corrected chi connectivity index (χ3v) is 10.0. The highest BCUT2D eigenvalue weighted by molar-refractivity contribution is 7.90. The summed E-state index contributed by atoms with van der Waals surface area (Å²) in [5.74, 6) is -1.33. The van der Waals surface area contributed by atoms with E-state index in [9.17, 15) is 27.7 Å². The van der Waals surface area contributed by atoms with E-state index in [1.165, 1.54) is 73.2 Å². The molecule has 0 saturated heterocycles. The van der Waals surface area contributed by atoms with Crippen LogP contribution in [0.3, 0.4) is 0 Å². The number of halogens is 1. The topological polar surface area (TPSA) is 186 Å². The Balaban J connectivity index is 1.38. The van der Waals surface area contributed by atoms with Gasteiger partial charge in [-0.05, 0) is 60.5 Å². The number of carbonyl (C=O) groups excluding carboxylic acids is 2. The smallest absolute Gasteiger partial charge is 0.307 e. The zero-order chi connectivity index (χ0) is 37.0. The van der Waals surface area contributed by atoms with Crippen LogP contribution in [0.2, 0.25) is 0 Å². The van der Waals surface area contributed by atoms with Gasteiger partial charge in [0.15, 0.2) is 5.65 Å². The fraction of sp³-hybridized carbons (Fsp3) is 0.135. The zero-order valence-electron chi connectivity index (χ0n) is 27.9. The number of amides is 1. The number of rotatable bonds is 11. The molecule has 3 aromatic heterocycles. The van der Waals surface area contributed by atoms with E-state index in [-0.39, 0.29) is 46.3 Å². The third kappa shape index (κ3) is 6.87. The Morgan fingerprint density at radius 1 is 1.04 bits per heavy atom. The molecule has 0 radical (unpaired) electrons. The molecule has 15 heteroatoms. The Labute approximate surface area is 298 Å². The van der Waals surface area contributed by atoms with E-state index >= 15 is 0 Å². The first kappa shape index (κ1) is 35.2. The molecule has 0 aliphatic carbocycles. The molecule has 0 fully saturated rings. The van der Waals surface area contributed by atoms with E-state index in [1.807, 2.05) is 6.07 Å². The van der Waals surface area contributed by atoms with Gasteiger partial charge in [0.1, 0.15) is 29.8 Å². The third-order valence-electron chi connectivity index (χ3n) is 8.36. The van der Waals surface area contributed by atoms with Crippen molar-refractivity contribution in [3.05, 3.63) is 126 Å². The van der Waals surface area contributed by atoms with Crippen LogP contribution in [0.4, 0.5) is 21.7 Å². The second kappa shape index (κ2) is 14.7. The number of aromatic nitrogens is 4. The molecule has 6 rings (SSSR count). The highest BCUT2D eigenvalue weighted by Gasteiger charge is 2.27. The quantitative estimate of drug-likeness (QED) is 0.156. The summed E-state index contributed by atoms with van der Waals surface area (Å²) in [4.78, 5) is 40.8. The number of benzene rings is 3. The Kier molecular flexibility index (Phi) is 9.93. The van der Waals surface area contributed by atoms with Crippen LogP contribution in [0.1, 0.15) is 40.9 Å². The maximum absolute atomic E-state index is 13.9. The van der Waals surface area contributed by atoms with Crippen molar-refractivity contribution >= 4 is 50.3 Å². The van der Waals surface area contributed by atoms with E-state index in [4.69, 9.17) is 10.5 Å². The maximum Gasteiger partial charge on any atom is 0.307 e. The summed E-state index contributed by atoms with van der Waals surface area (Å²) in [6.45, 7) is 1.98. The van der Waals surface area contributed by atoms with Crippen molar-refractivity contribution in [1.29, 1.82) is 5.26 Å². The number of pyridine rings is 1. The molecule has 0 aliphatic rings. The van der Waals surface area contributed by atoms with Crippen LogP contribution >= 0.6 is 0 Å². The van der Waals surface area contributed by atoms with Crippen LogP contribution in [0.15, 0.2) is 109 Å². The molecule has 52 heavy (non-hydrogen) atoms. The normalized spacial score (nSPS) is 11.8. The molecule has 13 nitrogen and oxygen atoms in total. The van der Waals surface area contributed by atoms with Crippen molar-refractivity contribution in [1.82, 2.24) is 18.9 Å². The monoisotopic (exact) mass is 718 g/mol. The van der Waals surface area contributed by atoms with E-state index < -0.39 is 33.8 Å². The molecule has 1 amide bonds. The van der Waals surface area contributed by atoms with Crippen LogP contribution in [-0.2, 0) is 19.6 Å². The standard InChI is InChI=1S/C37H31FN8O5S/c1-3-45(27-15-13-26(38)14-16-27)37(48)29-17-23(19-39)20-41-35(29)44-31(18-32(47)51-2)25-11-9-24(10-12-25)30-21-46(36-33(30)34(40)42-22-43-36)52(49,50)28-7-5-4-6-8-28/h4-17,20-22,31H,3,18H2,1-2H3,(H,41,44)(H2,40,42,43). The predicted octanol–water partition coefficient (Wildman–Crippen LogP) is 5.71. The number of nitrogens with two attached hydrogens (primary N) is 1. The highest BCUT2D eigenvalue weighted by Crippen LogP contribution is 2.36. The Morgan fingerprint density at radius 3 is 2.40 bits per heavy atom. The summed E-state index contributed by atoms with van der Waals surface area (Å²) in [6.07, 6.45) is 3.77. The molecular formula is C37H31FN8O5S. The van der Waals surface area contributed by atoms with Crippen LogP contribution in [0.25, 0.3) is 22.2 Å². The second-order valence-electron chi connectivity index (χ2n) is 11.5. The minimum absolute atomic E-state index is 0.0552. The average molecular weight is 719 g/mol. The first-order valence-corrected chi connectivity index (χ1v) is 17.3. The van der Waals surface area contributed by atoms with Crippen molar-refractivity contribution in [2.24, 2.45) is 0 Å². The number of esters is 1. The lowest BCUT2D eigenvalue weighted by Crippen LogP contribution is -2.32. The van der Waals surface area contributed by atoms with Crippen LogP contribution in [0.5, 0.6) is 0 Å². The van der Waals surface area contributed by atoms with Gasteiger partial charge in [-0.2, -0.15) is 5.26 Å². The van der Waals surface area contributed by atoms with Gasteiger partial charge in [0, 0.05) is 30.2 Å². The summed E-state index contributed by atoms with van der Waals surface area (Å²) >= 11 is 0. The minimum Gasteiger partial charge on any atom is -0.469 e. The number of carbonyl (C=O) groups is 2. The molecule has 0 bridgehead atoms. The van der Waals surface area contributed by atoms with Gasteiger partial charge in [-0.15, -0.1) is 0 Å². The van der Waals surface area contributed by atoms with Gasteiger partial charge in [-0.3, -0.25) is 9.59 Å². The number of fused-ring (bicyclic) bond motifs is 1. The molecule has 1 atom stereocenters. The molecule has 3 aromatic carbocycles. The second-order valence-corrected chi connectivity index (χ2v) is 13.3. The lowest BCUT2D eigenvalue weighted by atomic mass is 9.98. The molecule has 262 valence electrons. The van der Waals surface area contributed by atoms with E-state index in [0.29, 0.717) is 27.8 Å². The van der Waals surface area contributed by atoms with Gasteiger partial charge in [-0.1, -0.05) is 42.5 Å². The number of nitrogen functional groups attached to an aromatic ring is 1. The number of anilines is 3. The first-order valence-electron chi connectivity index (χ1n) is 15.9. The van der Waals surface area contributed by atoms with Crippen LogP contribution in [-0.4, -0.2) is 52.9 Å². The summed E-state index contributed by atoms with van der Waals surface area (Å²) in [7, 11) is -2.80. The molecule has 3 N–H and O–H groups in total. The van der Waals surface area contributed by atoms with Crippen molar-refractivity contribution in [3.63, 3.8) is 0 Å². The number of ether oxygens (including phenoxy) is 1. The number of hydrogen-bond acceptors (Lipinski definition) is 11. The van der Waals surface area contributed by atoms with Crippen molar-refractivity contribution in [3.8, 4) is 17.2 Å². The van der Waals surface area contributed by atoms with Gasteiger partial charge in [0.05, 0.1) is 41.0 Å². The lowest BCUT2D eigenvalue weighted by molar-refractivity contribution is -0.140. The number of hydrogen-bond donors (Lipinski definition) is 2. The predicted molar refractivity (Wildman–Crippen MR) is 192 cm³/mol. The van der Waals surface area contributed by atoms with Crippen molar-refractivity contribution in [2.75, 3.05) is 29.6 Å². The van der Waals surface area contributed by atoms with Crippen LogP contribution < -0.4 is 16.0 Å². The number of nitrogens with zero attached hydrogens (tertiary/aromatic N) is 6. The average Bonchev–Trinajstić information content (AvgIpc) is 3.58. The largest absolute Gasteiger partial charge is 0.469 e. The summed E-state index contributed by atoms with van der Waals surface area (Å²) in [5, 5.41) is 13.1. The molecular weight excluding hydrogens is 688 g/mol. The fourth-order valence-electron chi connectivity index (χ4n) is 5.74. The van der Waals surface area contributed by atoms with Crippen LogP contribution in [0, 0.1) is 17.1 Å². The maximum atomic E-state index is 13.9. The Bertz CT molecular complexity index is 2430. The molecule has 0 aliphatic heterocycles. The fourth-order valence-corrected chi connectivity index (χ4v) is 7.08. The van der Waals surface area contributed by atoms with Gasteiger partial charge < -0.3 is 20.7 Å². The molecule has 3 heterocycles. The number of methoxy groups -OCH3 is 1. The van der Waals surface area contributed by atoms with E-state index in [0.717, 1.165) is 3.97 Å². The minimum atomic E-state index is -4.05. The molecule has 1 unspecified atom stereocenters. The van der Waals surface area contributed by atoms with E-state index in [2.05, 4.69) is 20.3 Å².